The van der Waals surface area contributed by atoms with Gasteiger partial charge >= 0.3 is 24.2 Å². The first kappa shape index (κ1) is 36.0. The predicted octanol–water partition coefficient (Wildman–Crippen LogP) is 3.61. The molecule has 3 aromatic heterocycles. The van der Waals surface area contributed by atoms with Gasteiger partial charge in [-0.05, 0) is 58.6 Å². The molecule has 3 aliphatic rings. The van der Waals surface area contributed by atoms with Crippen molar-refractivity contribution >= 4 is 51.6 Å². The molecular weight excluding hydrogens is 691 g/mol. The second kappa shape index (κ2) is 14.6. The van der Waals surface area contributed by atoms with Crippen molar-refractivity contribution in [3.63, 3.8) is 0 Å². The van der Waals surface area contributed by atoms with Gasteiger partial charge in [0.2, 0.25) is 6.79 Å². The Kier molecular flexibility index (Phi) is 9.91. The number of piperazine rings is 1. The zero-order valence-electron chi connectivity index (χ0n) is 30.3. The first-order chi connectivity index (χ1) is 25.3. The van der Waals surface area contributed by atoms with Crippen molar-refractivity contribution in [3.05, 3.63) is 36.2 Å². The van der Waals surface area contributed by atoms with Crippen molar-refractivity contribution < 1.29 is 37.7 Å². The van der Waals surface area contributed by atoms with E-state index in [1.807, 2.05) is 25.7 Å². The van der Waals surface area contributed by atoms with Crippen LogP contribution in [-0.4, -0.2) is 119 Å². The lowest BCUT2D eigenvalue weighted by Crippen LogP contribution is -2.47. The van der Waals surface area contributed by atoms with Crippen LogP contribution in [0, 0.1) is 18.7 Å². The number of anilines is 2. The molecule has 2 saturated heterocycles. The molecule has 2 aliphatic heterocycles. The number of aromatic nitrogens is 5. The van der Waals surface area contributed by atoms with Crippen LogP contribution in [0.3, 0.4) is 0 Å². The van der Waals surface area contributed by atoms with Crippen molar-refractivity contribution in [1.29, 1.82) is 0 Å². The maximum atomic E-state index is 15.4. The maximum Gasteiger partial charge on any atom is 0.416 e. The number of nitrogens with zero attached hydrogens (tertiary/aromatic N) is 7. The van der Waals surface area contributed by atoms with Crippen LogP contribution >= 0.6 is 0 Å². The van der Waals surface area contributed by atoms with Gasteiger partial charge in [0.05, 0.1) is 35.5 Å². The van der Waals surface area contributed by atoms with Gasteiger partial charge in [0.15, 0.2) is 5.75 Å². The smallest absolute Gasteiger partial charge is 0.416 e. The summed E-state index contributed by atoms with van der Waals surface area (Å²) in [6.07, 6.45) is 3.15. The third kappa shape index (κ3) is 8.02. The second-order valence-electron chi connectivity index (χ2n) is 14.5. The normalized spacial score (nSPS) is 20.1. The Bertz CT molecular complexity index is 2010. The zero-order valence-corrected chi connectivity index (χ0v) is 30.3. The molecule has 2 bridgehead atoms. The number of hydrogen-bond acceptors (Lipinski definition) is 14. The number of benzene rings is 1. The van der Waals surface area contributed by atoms with Crippen LogP contribution in [0.2, 0.25) is 0 Å². The van der Waals surface area contributed by atoms with Crippen molar-refractivity contribution in [2.24, 2.45) is 5.92 Å². The minimum Gasteiger partial charge on any atom is -0.444 e. The number of hydrogen-bond donors (Lipinski definition) is 3. The third-order valence-electron chi connectivity index (χ3n) is 9.55. The van der Waals surface area contributed by atoms with Crippen LogP contribution in [0.25, 0.3) is 21.9 Å². The molecule has 4 aromatic rings. The summed E-state index contributed by atoms with van der Waals surface area (Å²) in [6.45, 7) is 10.2. The highest BCUT2D eigenvalue weighted by Gasteiger charge is 2.47. The van der Waals surface area contributed by atoms with Gasteiger partial charge in [0, 0.05) is 57.2 Å². The molecule has 282 valence electrons. The van der Waals surface area contributed by atoms with E-state index >= 15 is 4.39 Å². The second-order valence-corrected chi connectivity index (χ2v) is 14.5. The molecule has 7 rings (SSSR count). The molecule has 0 unspecified atom stereocenters. The topological polar surface area (TPSA) is 189 Å². The summed E-state index contributed by atoms with van der Waals surface area (Å²) < 4.78 is 37.3. The Morgan fingerprint density at radius 3 is 2.53 bits per heavy atom. The number of fused-ring (bicyclic) bond motifs is 5. The molecule has 1 aliphatic carbocycles. The van der Waals surface area contributed by atoms with E-state index in [1.165, 1.54) is 31.6 Å². The van der Waals surface area contributed by atoms with E-state index in [0.29, 0.717) is 65.4 Å². The third-order valence-corrected chi connectivity index (χ3v) is 9.55. The number of aryl methyl sites for hydroxylation is 1. The summed E-state index contributed by atoms with van der Waals surface area (Å²) in [5, 5.41) is 7.21. The lowest BCUT2D eigenvalue weighted by atomic mass is 10.0. The molecular formula is C35H43FN10O7. The Balaban J connectivity index is 1.16. The van der Waals surface area contributed by atoms with Gasteiger partial charge in [0.25, 0.3) is 0 Å². The molecule has 3 fully saturated rings. The van der Waals surface area contributed by atoms with Crippen LogP contribution in [-0.2, 0) is 19.0 Å². The first-order valence-corrected chi connectivity index (χ1v) is 17.6. The van der Waals surface area contributed by atoms with E-state index in [9.17, 15) is 14.4 Å². The van der Waals surface area contributed by atoms with Gasteiger partial charge in [-0.25, -0.2) is 23.9 Å². The highest BCUT2D eigenvalue weighted by molar-refractivity contribution is 6.16. The van der Waals surface area contributed by atoms with Gasteiger partial charge < -0.3 is 39.5 Å². The molecule has 2 amide bonds. The number of aromatic amines is 1. The highest BCUT2D eigenvalue weighted by atomic mass is 19.1. The standard InChI is InChI=1S/C35H43FN10O7/c1-19-38-14-23(15-39-19)52-32-42-30-28(31(43-32)46-16-20-10-22(46)13-25(20)40-33(48)53-35(2,3)4)24-11-21(36)12-26(29(24)41-30)44(5)34(49)51-18-50-27(47)17-45-8-6-37-7-9-45/h11-12,14-15,20,22,25,37H,6-10,13,16-18H2,1-5H3,(H,40,48)(H,41,42,43)/t20-,22-,25-/m1/s1. The first-order valence-electron chi connectivity index (χ1n) is 17.6. The Morgan fingerprint density at radius 2 is 1.83 bits per heavy atom. The average Bonchev–Trinajstić information content (AvgIpc) is 3.80. The van der Waals surface area contributed by atoms with E-state index in [4.69, 9.17) is 23.9 Å². The lowest BCUT2D eigenvalue weighted by Gasteiger charge is -2.33. The average molecular weight is 735 g/mol. The number of halogens is 1. The number of nitrogens with one attached hydrogen (secondary N) is 3. The van der Waals surface area contributed by atoms with E-state index < -0.39 is 36.4 Å². The molecule has 53 heavy (non-hydrogen) atoms. The van der Waals surface area contributed by atoms with Gasteiger partial charge in [-0.15, -0.1) is 0 Å². The number of rotatable bonds is 9. The fraction of sp³-hybridized carbons (Fsp3) is 0.514. The molecule has 5 heterocycles. The number of ether oxygens (including phenoxy) is 4. The minimum atomic E-state index is -0.861. The van der Waals surface area contributed by atoms with Gasteiger partial charge in [0.1, 0.15) is 28.7 Å². The molecule has 17 nitrogen and oxygen atoms in total. The molecule has 0 radical (unpaired) electrons. The minimum absolute atomic E-state index is 0.00137. The highest BCUT2D eigenvalue weighted by Crippen LogP contribution is 2.45. The molecule has 3 atom stereocenters. The number of piperidine rings is 1. The van der Waals surface area contributed by atoms with Crippen molar-refractivity contribution in [2.75, 3.05) is 62.9 Å². The molecule has 3 N–H and O–H groups in total. The van der Waals surface area contributed by atoms with E-state index in [2.05, 4.69) is 35.5 Å². The molecule has 18 heteroatoms. The Hall–Kier alpha value is -5.36. The van der Waals surface area contributed by atoms with Crippen molar-refractivity contribution in [3.8, 4) is 11.8 Å². The van der Waals surface area contributed by atoms with Gasteiger partial charge in [-0.3, -0.25) is 14.6 Å². The Morgan fingerprint density at radius 1 is 1.08 bits per heavy atom. The van der Waals surface area contributed by atoms with E-state index in [0.717, 1.165) is 24.4 Å². The quantitative estimate of drug-likeness (QED) is 0.167. The predicted molar refractivity (Wildman–Crippen MR) is 190 cm³/mol. The van der Waals surface area contributed by atoms with E-state index in [-0.39, 0.29) is 36.2 Å². The van der Waals surface area contributed by atoms with Crippen LogP contribution in [0.15, 0.2) is 24.5 Å². The van der Waals surface area contributed by atoms with Gasteiger partial charge in [-0.1, -0.05) is 0 Å². The van der Waals surface area contributed by atoms with Crippen molar-refractivity contribution in [1.82, 2.24) is 40.5 Å². The summed E-state index contributed by atoms with van der Waals surface area (Å²) in [6, 6.07) is 2.48. The Labute approximate surface area is 304 Å². The van der Waals surface area contributed by atoms with Crippen LogP contribution < -0.4 is 25.2 Å². The fourth-order valence-electron chi connectivity index (χ4n) is 7.15. The monoisotopic (exact) mass is 734 g/mol. The number of carbonyl (C=O) groups is 3. The number of carbonyl (C=O) groups excluding carboxylic acids is 3. The molecule has 0 spiro atoms. The number of H-pyrrole nitrogens is 1. The fourth-order valence-corrected chi connectivity index (χ4v) is 7.15. The SMILES string of the molecule is Cc1ncc(Oc2nc(N3C[C@H]4C[C@@H]3C[C@H]4NC(=O)OC(C)(C)C)c3c(n2)[nH]c2c(N(C)C(=O)OCOC(=O)CN4CCNCC4)cc(F)cc23)cn1. The van der Waals surface area contributed by atoms with Crippen LogP contribution in [0.1, 0.15) is 39.4 Å². The molecule has 1 saturated carbocycles. The summed E-state index contributed by atoms with van der Waals surface area (Å²) >= 11 is 0. The maximum absolute atomic E-state index is 15.4. The van der Waals surface area contributed by atoms with Crippen LogP contribution in [0.5, 0.6) is 11.8 Å². The summed E-state index contributed by atoms with van der Waals surface area (Å²) in [4.78, 5) is 64.4. The largest absolute Gasteiger partial charge is 0.444 e. The summed E-state index contributed by atoms with van der Waals surface area (Å²) in [5.74, 6) is 0.378. The van der Waals surface area contributed by atoms with Gasteiger partial charge in [-0.2, -0.15) is 9.97 Å². The summed E-state index contributed by atoms with van der Waals surface area (Å²) in [7, 11) is 1.43. The summed E-state index contributed by atoms with van der Waals surface area (Å²) in [5.41, 5.74) is 0.289. The van der Waals surface area contributed by atoms with E-state index in [1.54, 1.807) is 6.92 Å². The van der Waals surface area contributed by atoms with Crippen LogP contribution in [0.4, 0.5) is 25.5 Å². The zero-order chi connectivity index (χ0) is 37.4. The number of esters is 1. The molecule has 1 aromatic carbocycles. The number of alkyl carbamates (subject to hydrolysis) is 1. The van der Waals surface area contributed by atoms with Crippen molar-refractivity contribution in [2.45, 2.75) is 58.2 Å². The lowest BCUT2D eigenvalue weighted by molar-refractivity contribution is -0.153. The number of amides is 2.